The molecule has 0 amide bonds. The Morgan fingerprint density at radius 2 is 1.57 bits per heavy atom. The highest BCUT2D eigenvalue weighted by Gasteiger charge is 2.13. The van der Waals surface area contributed by atoms with Crippen molar-refractivity contribution in [2.45, 2.75) is 31.6 Å². The Bertz CT molecular complexity index is 601. The quantitative estimate of drug-likeness (QED) is 0.868. The number of nitrogens with zero attached hydrogens (tertiary/aromatic N) is 1. The molecule has 2 N–H and O–H groups in total. The van der Waals surface area contributed by atoms with Crippen LogP contribution in [-0.2, 0) is 6.42 Å². The lowest BCUT2D eigenvalue weighted by Gasteiger charge is -2.29. The Morgan fingerprint density at radius 3 is 2.17 bits per heavy atom. The van der Waals surface area contributed by atoms with Gasteiger partial charge in [0.05, 0.1) is 0 Å². The molecule has 122 valence electrons. The molecule has 3 heteroatoms. The number of nitrogens with two attached hydrogens (primary N) is 1. The first kappa shape index (κ1) is 16.4. The van der Waals surface area contributed by atoms with Gasteiger partial charge in [0.25, 0.3) is 0 Å². The van der Waals surface area contributed by atoms with Gasteiger partial charge in [0.2, 0.25) is 0 Å². The van der Waals surface area contributed by atoms with Crippen molar-refractivity contribution in [3.63, 3.8) is 0 Å². The molecule has 0 aromatic heterocycles. The van der Waals surface area contributed by atoms with Crippen molar-refractivity contribution in [3.05, 3.63) is 64.7 Å². The third-order valence-electron chi connectivity index (χ3n) is 4.77. The summed E-state index contributed by atoms with van der Waals surface area (Å²) in [5, 5.41) is 0.774. The third kappa shape index (κ3) is 4.27. The fourth-order valence-electron chi connectivity index (χ4n) is 3.35. The molecule has 0 radical (unpaired) electrons. The lowest BCUT2D eigenvalue weighted by molar-refractivity contribution is 0.578. The Morgan fingerprint density at radius 1 is 0.913 bits per heavy atom. The van der Waals surface area contributed by atoms with Crippen molar-refractivity contribution in [2.24, 2.45) is 5.73 Å². The third-order valence-corrected chi connectivity index (χ3v) is 5.02. The minimum atomic E-state index is 0.341. The molecule has 1 aliphatic rings. The van der Waals surface area contributed by atoms with Gasteiger partial charge in [-0.25, -0.2) is 0 Å². The van der Waals surface area contributed by atoms with E-state index in [4.69, 9.17) is 17.3 Å². The summed E-state index contributed by atoms with van der Waals surface area (Å²) in [5.41, 5.74) is 9.95. The maximum absolute atomic E-state index is 6.00. The van der Waals surface area contributed by atoms with Crippen LogP contribution >= 0.6 is 11.6 Å². The molecular weight excluding hydrogens is 304 g/mol. The van der Waals surface area contributed by atoms with Gasteiger partial charge in [-0.3, -0.25) is 0 Å². The number of hydrogen-bond donors (Lipinski definition) is 1. The molecule has 1 atom stereocenters. The standard InChI is InChI=1S/C20H25ClN2/c21-19-8-6-17(7-9-19)18(15-22)14-16-4-10-20(11-5-16)23-12-2-1-3-13-23/h4-11,18H,1-3,12-15,22H2. The molecular formula is C20H25ClN2. The van der Waals surface area contributed by atoms with Gasteiger partial charge in [-0.2, -0.15) is 0 Å². The molecule has 2 aromatic rings. The smallest absolute Gasteiger partial charge is 0.0406 e. The fourth-order valence-corrected chi connectivity index (χ4v) is 3.48. The largest absolute Gasteiger partial charge is 0.372 e. The molecule has 3 rings (SSSR count). The summed E-state index contributed by atoms with van der Waals surface area (Å²) in [6.07, 6.45) is 4.97. The molecule has 2 nitrogen and oxygen atoms in total. The number of hydrogen-bond acceptors (Lipinski definition) is 2. The summed E-state index contributed by atoms with van der Waals surface area (Å²) < 4.78 is 0. The summed E-state index contributed by atoms with van der Waals surface area (Å²) in [6.45, 7) is 3.03. The van der Waals surface area contributed by atoms with Crippen LogP contribution in [0.15, 0.2) is 48.5 Å². The minimum Gasteiger partial charge on any atom is -0.372 e. The molecule has 0 saturated carbocycles. The average molecular weight is 329 g/mol. The topological polar surface area (TPSA) is 29.3 Å². The lowest BCUT2D eigenvalue weighted by atomic mass is 9.92. The van der Waals surface area contributed by atoms with Crippen LogP contribution in [0.25, 0.3) is 0 Å². The maximum Gasteiger partial charge on any atom is 0.0406 e. The first-order valence-corrected chi connectivity index (χ1v) is 8.93. The predicted octanol–water partition coefficient (Wildman–Crippen LogP) is 4.62. The van der Waals surface area contributed by atoms with Crippen LogP contribution in [0.4, 0.5) is 5.69 Å². The maximum atomic E-state index is 6.00. The van der Waals surface area contributed by atoms with Gasteiger partial charge in [-0.15, -0.1) is 0 Å². The first-order valence-electron chi connectivity index (χ1n) is 8.55. The second-order valence-corrected chi connectivity index (χ2v) is 6.84. The highest BCUT2D eigenvalue weighted by molar-refractivity contribution is 6.30. The monoisotopic (exact) mass is 328 g/mol. The highest BCUT2D eigenvalue weighted by atomic mass is 35.5. The van der Waals surface area contributed by atoms with E-state index >= 15 is 0 Å². The first-order chi connectivity index (χ1) is 11.3. The van der Waals surface area contributed by atoms with Crippen LogP contribution in [0.5, 0.6) is 0 Å². The predicted molar refractivity (Wildman–Crippen MR) is 99.5 cm³/mol. The molecule has 1 aliphatic heterocycles. The van der Waals surface area contributed by atoms with E-state index in [1.165, 1.54) is 49.2 Å². The van der Waals surface area contributed by atoms with Crippen LogP contribution in [0.2, 0.25) is 5.02 Å². The van der Waals surface area contributed by atoms with Crippen molar-refractivity contribution in [1.82, 2.24) is 0 Å². The Balaban J connectivity index is 1.67. The van der Waals surface area contributed by atoms with Gasteiger partial charge < -0.3 is 10.6 Å². The van der Waals surface area contributed by atoms with Gasteiger partial charge in [-0.05, 0) is 67.6 Å². The van der Waals surface area contributed by atoms with Crippen molar-refractivity contribution in [3.8, 4) is 0 Å². The number of rotatable bonds is 5. The fraction of sp³-hybridized carbons (Fsp3) is 0.400. The number of anilines is 1. The molecule has 0 bridgehead atoms. The van der Waals surface area contributed by atoms with E-state index in [1.807, 2.05) is 12.1 Å². The van der Waals surface area contributed by atoms with Gasteiger partial charge in [0.15, 0.2) is 0 Å². The SMILES string of the molecule is NCC(Cc1ccc(N2CCCCC2)cc1)c1ccc(Cl)cc1. The molecule has 1 unspecified atom stereocenters. The van der Waals surface area contributed by atoms with Crippen LogP contribution in [0, 0.1) is 0 Å². The van der Waals surface area contributed by atoms with Crippen LogP contribution in [-0.4, -0.2) is 19.6 Å². The zero-order valence-electron chi connectivity index (χ0n) is 13.5. The van der Waals surface area contributed by atoms with E-state index in [1.54, 1.807) is 0 Å². The zero-order chi connectivity index (χ0) is 16.1. The van der Waals surface area contributed by atoms with Crippen molar-refractivity contribution < 1.29 is 0 Å². The van der Waals surface area contributed by atoms with E-state index in [0.29, 0.717) is 12.5 Å². The van der Waals surface area contributed by atoms with E-state index in [0.717, 1.165) is 11.4 Å². The van der Waals surface area contributed by atoms with Crippen molar-refractivity contribution >= 4 is 17.3 Å². The number of piperidine rings is 1. The molecule has 0 aliphatic carbocycles. The summed E-state index contributed by atoms with van der Waals surface area (Å²) in [7, 11) is 0. The average Bonchev–Trinajstić information content (AvgIpc) is 2.62. The van der Waals surface area contributed by atoms with E-state index in [9.17, 15) is 0 Å². The normalized spacial score (nSPS) is 16.3. The highest BCUT2D eigenvalue weighted by Crippen LogP contribution is 2.24. The molecule has 2 aromatic carbocycles. The second-order valence-electron chi connectivity index (χ2n) is 6.40. The molecule has 0 spiro atoms. The summed E-state index contributed by atoms with van der Waals surface area (Å²) in [5.74, 6) is 0.341. The van der Waals surface area contributed by atoms with E-state index in [2.05, 4.69) is 41.3 Å². The van der Waals surface area contributed by atoms with Crippen LogP contribution < -0.4 is 10.6 Å². The van der Waals surface area contributed by atoms with Gasteiger partial charge in [0.1, 0.15) is 0 Å². The molecule has 23 heavy (non-hydrogen) atoms. The van der Waals surface area contributed by atoms with Crippen LogP contribution in [0.3, 0.4) is 0 Å². The van der Waals surface area contributed by atoms with E-state index < -0.39 is 0 Å². The van der Waals surface area contributed by atoms with Crippen LogP contribution in [0.1, 0.15) is 36.3 Å². The van der Waals surface area contributed by atoms with Gasteiger partial charge in [-0.1, -0.05) is 35.9 Å². The van der Waals surface area contributed by atoms with Gasteiger partial charge in [0, 0.05) is 29.7 Å². The summed E-state index contributed by atoms with van der Waals surface area (Å²) in [4.78, 5) is 2.49. The summed E-state index contributed by atoms with van der Waals surface area (Å²) in [6, 6.07) is 17.1. The second kappa shape index (κ2) is 7.85. The Hall–Kier alpha value is -1.51. The molecule has 1 heterocycles. The Labute approximate surface area is 144 Å². The zero-order valence-corrected chi connectivity index (χ0v) is 14.3. The van der Waals surface area contributed by atoms with Crippen molar-refractivity contribution in [2.75, 3.05) is 24.5 Å². The Kier molecular flexibility index (Phi) is 5.58. The minimum absolute atomic E-state index is 0.341. The number of halogens is 1. The number of benzene rings is 2. The van der Waals surface area contributed by atoms with Crippen molar-refractivity contribution in [1.29, 1.82) is 0 Å². The molecule has 1 fully saturated rings. The lowest BCUT2D eigenvalue weighted by Crippen LogP contribution is -2.29. The van der Waals surface area contributed by atoms with Gasteiger partial charge >= 0.3 is 0 Å². The summed E-state index contributed by atoms with van der Waals surface area (Å²) >= 11 is 5.98. The van der Waals surface area contributed by atoms with E-state index in [-0.39, 0.29) is 0 Å². The molecule has 1 saturated heterocycles.